The Balaban J connectivity index is 2.83. The minimum Gasteiger partial charge on any atom is -0.329 e. The van der Waals surface area contributed by atoms with Crippen LogP contribution in [0.2, 0.25) is 0 Å². The molecule has 0 atom stereocenters. The molecule has 0 saturated heterocycles. The number of hydrogen-bond acceptors (Lipinski definition) is 3. The summed E-state index contributed by atoms with van der Waals surface area (Å²) in [6.07, 6.45) is 9.19. The van der Waals surface area contributed by atoms with Crippen molar-refractivity contribution in [2.75, 3.05) is 32.7 Å². The molecule has 0 fully saturated rings. The van der Waals surface area contributed by atoms with Crippen molar-refractivity contribution in [3.8, 4) is 0 Å². The van der Waals surface area contributed by atoms with Gasteiger partial charge in [0.1, 0.15) is 0 Å². The second-order valence-corrected chi connectivity index (χ2v) is 4.26. The van der Waals surface area contributed by atoms with Crippen molar-refractivity contribution >= 4 is 0 Å². The predicted octanol–water partition coefficient (Wildman–Crippen LogP) is 1.69. The molecule has 1 radical (unpaired) electrons. The van der Waals surface area contributed by atoms with Crippen molar-refractivity contribution in [1.82, 2.24) is 10.6 Å². The molecule has 0 amide bonds. The molecule has 0 aliphatic heterocycles. The van der Waals surface area contributed by atoms with Gasteiger partial charge in [0.25, 0.3) is 0 Å². The van der Waals surface area contributed by atoms with E-state index in [-0.39, 0.29) is 0 Å². The molecule has 4 N–H and O–H groups in total. The largest absolute Gasteiger partial charge is 0.329 e. The summed E-state index contributed by atoms with van der Waals surface area (Å²) >= 11 is 0. The Bertz CT molecular complexity index is 104. The first kappa shape index (κ1) is 15.9. The van der Waals surface area contributed by atoms with Gasteiger partial charge in [-0.05, 0) is 13.0 Å². The van der Waals surface area contributed by atoms with E-state index in [1.54, 1.807) is 0 Å². The number of nitrogens with two attached hydrogens (primary N) is 1. The highest BCUT2D eigenvalue weighted by Crippen LogP contribution is 2.05. The van der Waals surface area contributed by atoms with E-state index in [9.17, 15) is 0 Å². The maximum atomic E-state index is 5.37. The van der Waals surface area contributed by atoms with Gasteiger partial charge in [-0.2, -0.15) is 0 Å². The van der Waals surface area contributed by atoms with E-state index in [0.29, 0.717) is 0 Å². The van der Waals surface area contributed by atoms with E-state index >= 15 is 0 Å². The highest BCUT2D eigenvalue weighted by Gasteiger charge is 1.91. The van der Waals surface area contributed by atoms with Crippen LogP contribution in [0.1, 0.15) is 44.9 Å². The van der Waals surface area contributed by atoms with E-state index in [4.69, 9.17) is 5.73 Å². The van der Waals surface area contributed by atoms with Crippen LogP contribution in [-0.2, 0) is 0 Å². The smallest absolute Gasteiger partial charge is 0.00772 e. The van der Waals surface area contributed by atoms with Crippen LogP contribution in [0.5, 0.6) is 0 Å². The Hall–Kier alpha value is -0.120. The molecule has 0 unspecified atom stereocenters. The van der Waals surface area contributed by atoms with E-state index in [1.165, 1.54) is 38.5 Å². The van der Waals surface area contributed by atoms with Gasteiger partial charge in [-0.3, -0.25) is 0 Å². The van der Waals surface area contributed by atoms with Gasteiger partial charge in [-0.1, -0.05) is 45.4 Å². The topological polar surface area (TPSA) is 50.1 Å². The van der Waals surface area contributed by atoms with Crippen molar-refractivity contribution < 1.29 is 0 Å². The third-order valence-electron chi connectivity index (χ3n) is 2.65. The fourth-order valence-corrected chi connectivity index (χ4v) is 1.66. The molecule has 3 heteroatoms. The molecule has 0 aromatic rings. The zero-order chi connectivity index (χ0) is 11.9. The second-order valence-electron chi connectivity index (χ2n) is 4.26. The summed E-state index contributed by atoms with van der Waals surface area (Å²) in [5.74, 6) is 0. The third kappa shape index (κ3) is 13.9. The van der Waals surface area contributed by atoms with Crippen molar-refractivity contribution in [3.05, 3.63) is 6.92 Å². The molecule has 0 aliphatic rings. The summed E-state index contributed by atoms with van der Waals surface area (Å²) in [5, 5.41) is 6.70. The molecular formula is C13H30N3. The summed E-state index contributed by atoms with van der Waals surface area (Å²) < 4.78 is 0. The Labute approximate surface area is 102 Å². The molecule has 0 saturated carbocycles. The molecule has 3 nitrogen and oxygen atoms in total. The monoisotopic (exact) mass is 228 g/mol. The molecule has 0 rings (SSSR count). The average molecular weight is 228 g/mol. The van der Waals surface area contributed by atoms with Gasteiger partial charge in [0, 0.05) is 26.2 Å². The van der Waals surface area contributed by atoms with Crippen LogP contribution in [0.4, 0.5) is 0 Å². The molecule has 0 aromatic heterocycles. The van der Waals surface area contributed by atoms with Crippen LogP contribution < -0.4 is 16.4 Å². The SMILES string of the molecule is [CH2]CCCCCCCCNCCNCCN. The average Bonchev–Trinajstić information content (AvgIpc) is 2.31. The molecular weight excluding hydrogens is 198 g/mol. The van der Waals surface area contributed by atoms with Gasteiger partial charge in [0.2, 0.25) is 0 Å². The normalized spacial score (nSPS) is 10.9. The fourth-order valence-electron chi connectivity index (χ4n) is 1.66. The lowest BCUT2D eigenvalue weighted by molar-refractivity contribution is 0.555. The molecule has 0 aliphatic carbocycles. The van der Waals surface area contributed by atoms with Gasteiger partial charge in [0.15, 0.2) is 0 Å². The van der Waals surface area contributed by atoms with E-state index in [0.717, 1.165) is 39.1 Å². The lowest BCUT2D eigenvalue weighted by Gasteiger charge is -2.05. The predicted molar refractivity (Wildman–Crippen MR) is 72.5 cm³/mol. The van der Waals surface area contributed by atoms with Gasteiger partial charge in [-0.15, -0.1) is 0 Å². The Morgan fingerprint density at radius 2 is 1.25 bits per heavy atom. The lowest BCUT2D eigenvalue weighted by Crippen LogP contribution is -2.31. The minimum absolute atomic E-state index is 0.729. The Morgan fingerprint density at radius 3 is 1.88 bits per heavy atom. The van der Waals surface area contributed by atoms with Crippen molar-refractivity contribution in [1.29, 1.82) is 0 Å². The highest BCUT2D eigenvalue weighted by atomic mass is 14.9. The number of unbranched alkanes of at least 4 members (excludes halogenated alkanes) is 6. The number of nitrogens with one attached hydrogen (secondary N) is 2. The number of hydrogen-bond donors (Lipinski definition) is 3. The first-order valence-electron chi connectivity index (χ1n) is 6.82. The Morgan fingerprint density at radius 1 is 0.688 bits per heavy atom. The summed E-state index contributed by atoms with van der Waals surface area (Å²) in [5.41, 5.74) is 5.37. The van der Waals surface area contributed by atoms with E-state index in [2.05, 4.69) is 17.6 Å². The maximum Gasteiger partial charge on any atom is 0.00772 e. The summed E-state index contributed by atoms with van der Waals surface area (Å²) in [4.78, 5) is 0. The Kier molecular flexibility index (Phi) is 14.8. The fraction of sp³-hybridized carbons (Fsp3) is 0.923. The standard InChI is InChI=1S/C13H30N3/c1-2-3-4-5-6-7-8-10-15-12-13-16-11-9-14/h15-16H,1-14H2. The van der Waals surface area contributed by atoms with E-state index < -0.39 is 0 Å². The van der Waals surface area contributed by atoms with Gasteiger partial charge in [0.05, 0.1) is 0 Å². The van der Waals surface area contributed by atoms with Crippen LogP contribution in [-0.4, -0.2) is 32.7 Å². The number of rotatable bonds is 13. The molecule has 0 bridgehead atoms. The quantitative estimate of drug-likeness (QED) is 0.420. The zero-order valence-electron chi connectivity index (χ0n) is 10.8. The van der Waals surface area contributed by atoms with Crippen LogP contribution in [0, 0.1) is 6.92 Å². The lowest BCUT2D eigenvalue weighted by atomic mass is 10.1. The molecule has 0 heterocycles. The first-order valence-corrected chi connectivity index (χ1v) is 6.82. The van der Waals surface area contributed by atoms with Gasteiger partial charge in [-0.25, -0.2) is 0 Å². The van der Waals surface area contributed by atoms with Crippen LogP contribution in [0.15, 0.2) is 0 Å². The van der Waals surface area contributed by atoms with Crippen molar-refractivity contribution in [2.24, 2.45) is 5.73 Å². The summed E-state index contributed by atoms with van der Waals surface area (Å²) in [6.45, 7) is 8.74. The van der Waals surface area contributed by atoms with E-state index in [1.807, 2.05) is 0 Å². The van der Waals surface area contributed by atoms with Crippen LogP contribution in [0.3, 0.4) is 0 Å². The molecule has 16 heavy (non-hydrogen) atoms. The van der Waals surface area contributed by atoms with Crippen LogP contribution >= 0.6 is 0 Å². The summed E-state index contributed by atoms with van der Waals surface area (Å²) in [7, 11) is 0. The first-order chi connectivity index (χ1) is 7.91. The van der Waals surface area contributed by atoms with Gasteiger partial charge >= 0.3 is 0 Å². The van der Waals surface area contributed by atoms with Crippen molar-refractivity contribution in [2.45, 2.75) is 44.9 Å². The molecule has 0 spiro atoms. The summed E-state index contributed by atoms with van der Waals surface area (Å²) in [6, 6.07) is 0. The maximum absolute atomic E-state index is 5.37. The third-order valence-corrected chi connectivity index (χ3v) is 2.65. The van der Waals surface area contributed by atoms with Crippen molar-refractivity contribution in [3.63, 3.8) is 0 Å². The molecule has 0 aromatic carbocycles. The highest BCUT2D eigenvalue weighted by molar-refractivity contribution is 4.53. The van der Waals surface area contributed by atoms with Crippen LogP contribution in [0.25, 0.3) is 0 Å². The minimum atomic E-state index is 0.729. The zero-order valence-corrected chi connectivity index (χ0v) is 10.8. The van der Waals surface area contributed by atoms with Gasteiger partial charge < -0.3 is 16.4 Å². The molecule has 97 valence electrons. The second kappa shape index (κ2) is 14.9.